The van der Waals surface area contributed by atoms with Gasteiger partial charge in [0.15, 0.2) is 9.84 Å². The molecule has 0 radical (unpaired) electrons. The molecule has 0 spiro atoms. The highest BCUT2D eigenvalue weighted by Crippen LogP contribution is 2.18. The van der Waals surface area contributed by atoms with Crippen LogP contribution in [-0.2, 0) is 21.1 Å². The summed E-state index contributed by atoms with van der Waals surface area (Å²) in [5.74, 6) is -0.323. The van der Waals surface area contributed by atoms with Gasteiger partial charge in [0.25, 0.3) is 0 Å². The Balaban J connectivity index is 0.00000264. The van der Waals surface area contributed by atoms with E-state index in [-0.39, 0.29) is 36.4 Å². The minimum absolute atomic E-state index is 0. The fourth-order valence-corrected chi connectivity index (χ4v) is 2.94. The number of carbonyl (C=O) groups is 1. The molecule has 0 aliphatic heterocycles. The van der Waals surface area contributed by atoms with E-state index >= 15 is 0 Å². The molecule has 1 amide bonds. The van der Waals surface area contributed by atoms with Crippen molar-refractivity contribution in [3.05, 3.63) is 36.0 Å². The molecule has 1 atom stereocenters. The van der Waals surface area contributed by atoms with Crippen LogP contribution >= 0.6 is 12.4 Å². The Kier molecular flexibility index (Phi) is 7.05. The van der Waals surface area contributed by atoms with Crippen molar-refractivity contribution in [2.45, 2.75) is 19.4 Å². The number of benzene rings is 1. The van der Waals surface area contributed by atoms with Crippen molar-refractivity contribution in [3.8, 4) is 0 Å². The zero-order valence-electron chi connectivity index (χ0n) is 12.9. The molecule has 0 bridgehead atoms. The monoisotopic (exact) mass is 359 g/mol. The number of halogens is 1. The van der Waals surface area contributed by atoms with Gasteiger partial charge in [-0.3, -0.25) is 4.79 Å². The van der Waals surface area contributed by atoms with E-state index in [9.17, 15) is 13.2 Å². The van der Waals surface area contributed by atoms with E-state index in [4.69, 9.17) is 5.73 Å². The minimum Gasteiger partial charge on any atom is -0.361 e. The minimum atomic E-state index is -3.08. The van der Waals surface area contributed by atoms with Gasteiger partial charge in [0.05, 0.1) is 11.8 Å². The van der Waals surface area contributed by atoms with Crippen molar-refractivity contribution in [1.29, 1.82) is 0 Å². The molecule has 0 saturated heterocycles. The van der Waals surface area contributed by atoms with Crippen molar-refractivity contribution < 1.29 is 13.2 Å². The van der Waals surface area contributed by atoms with Crippen LogP contribution in [0.15, 0.2) is 30.5 Å². The molecule has 1 aromatic heterocycles. The number of para-hydroxylation sites is 1. The fraction of sp³-hybridized carbons (Fsp3) is 0.400. The Morgan fingerprint density at radius 2 is 2.04 bits per heavy atom. The molecule has 23 heavy (non-hydrogen) atoms. The van der Waals surface area contributed by atoms with Crippen LogP contribution in [0.3, 0.4) is 0 Å². The standard InChI is InChI=1S/C15H21N3O3S.ClH/c1-2-22(20,21)8-7-17-15(19)13(16)9-11-10-18-14-6-4-3-5-12(11)14;/h3-6,10,13,18H,2,7-9,16H2,1H3,(H,17,19);1H/t13-;/m0./s1. The molecule has 8 heteroatoms. The Morgan fingerprint density at radius 3 is 2.74 bits per heavy atom. The maximum Gasteiger partial charge on any atom is 0.237 e. The van der Waals surface area contributed by atoms with Crippen LogP contribution in [0.1, 0.15) is 12.5 Å². The number of nitrogens with two attached hydrogens (primary N) is 1. The van der Waals surface area contributed by atoms with E-state index in [1.807, 2.05) is 30.5 Å². The van der Waals surface area contributed by atoms with Gasteiger partial charge in [0, 0.05) is 29.4 Å². The predicted octanol–water partition coefficient (Wildman–Crippen LogP) is 1.01. The van der Waals surface area contributed by atoms with Crippen LogP contribution in [-0.4, -0.2) is 43.4 Å². The molecule has 1 aromatic carbocycles. The van der Waals surface area contributed by atoms with E-state index < -0.39 is 15.9 Å². The predicted molar refractivity (Wildman–Crippen MR) is 94.6 cm³/mol. The first-order chi connectivity index (χ1) is 10.4. The third-order valence-corrected chi connectivity index (χ3v) is 5.31. The number of hydrogen-bond acceptors (Lipinski definition) is 4. The van der Waals surface area contributed by atoms with Crippen LogP contribution in [0, 0.1) is 0 Å². The first-order valence-corrected chi connectivity index (χ1v) is 9.04. The summed E-state index contributed by atoms with van der Waals surface area (Å²) < 4.78 is 22.7. The topological polar surface area (TPSA) is 105 Å². The van der Waals surface area contributed by atoms with Gasteiger partial charge in [-0.1, -0.05) is 25.1 Å². The SMILES string of the molecule is CCS(=O)(=O)CCNC(=O)[C@@H](N)Cc1c[nH]c2ccccc12.Cl. The average Bonchev–Trinajstić information content (AvgIpc) is 2.90. The van der Waals surface area contributed by atoms with Crippen LogP contribution in [0.25, 0.3) is 10.9 Å². The summed E-state index contributed by atoms with van der Waals surface area (Å²) in [6.45, 7) is 1.68. The van der Waals surface area contributed by atoms with Crippen LogP contribution < -0.4 is 11.1 Å². The summed E-state index contributed by atoms with van der Waals surface area (Å²) in [6, 6.07) is 7.09. The molecule has 2 rings (SSSR count). The van der Waals surface area contributed by atoms with E-state index in [1.165, 1.54) is 0 Å². The molecule has 0 aliphatic carbocycles. The van der Waals surface area contributed by atoms with Crippen LogP contribution in [0.4, 0.5) is 0 Å². The van der Waals surface area contributed by atoms with Crippen LogP contribution in [0.5, 0.6) is 0 Å². The number of rotatable bonds is 7. The highest BCUT2D eigenvalue weighted by Gasteiger charge is 2.16. The molecule has 2 aromatic rings. The first kappa shape index (κ1) is 19.5. The Bertz CT molecular complexity index is 758. The second kappa shape index (κ2) is 8.33. The molecule has 0 aliphatic rings. The van der Waals surface area contributed by atoms with Crippen molar-refractivity contribution in [2.24, 2.45) is 5.73 Å². The highest BCUT2D eigenvalue weighted by molar-refractivity contribution is 7.91. The summed E-state index contributed by atoms with van der Waals surface area (Å²) in [5.41, 5.74) is 7.88. The van der Waals surface area contributed by atoms with E-state index in [0.717, 1.165) is 16.5 Å². The summed E-state index contributed by atoms with van der Waals surface area (Å²) in [4.78, 5) is 15.1. The number of fused-ring (bicyclic) bond motifs is 1. The smallest absolute Gasteiger partial charge is 0.237 e. The summed E-state index contributed by atoms with van der Waals surface area (Å²) in [5, 5.41) is 3.62. The highest BCUT2D eigenvalue weighted by atomic mass is 35.5. The second-order valence-electron chi connectivity index (χ2n) is 5.20. The normalized spacial score (nSPS) is 12.6. The summed E-state index contributed by atoms with van der Waals surface area (Å²) >= 11 is 0. The van der Waals surface area contributed by atoms with Gasteiger partial charge in [-0.15, -0.1) is 12.4 Å². The quantitative estimate of drug-likeness (QED) is 0.686. The number of sulfone groups is 1. The number of amides is 1. The number of carbonyl (C=O) groups excluding carboxylic acids is 1. The van der Waals surface area contributed by atoms with E-state index in [1.54, 1.807) is 6.92 Å². The number of nitrogens with one attached hydrogen (secondary N) is 2. The lowest BCUT2D eigenvalue weighted by Crippen LogP contribution is -2.43. The number of hydrogen-bond donors (Lipinski definition) is 3. The fourth-order valence-electron chi connectivity index (χ4n) is 2.24. The lowest BCUT2D eigenvalue weighted by Gasteiger charge is -2.12. The maximum absolute atomic E-state index is 11.9. The molecule has 4 N–H and O–H groups in total. The largest absolute Gasteiger partial charge is 0.361 e. The first-order valence-electron chi connectivity index (χ1n) is 7.21. The van der Waals surface area contributed by atoms with Gasteiger partial charge in [-0.25, -0.2) is 8.42 Å². The third-order valence-electron chi connectivity index (χ3n) is 3.60. The van der Waals surface area contributed by atoms with E-state index in [2.05, 4.69) is 10.3 Å². The van der Waals surface area contributed by atoms with Crippen molar-refractivity contribution >= 4 is 39.1 Å². The maximum atomic E-state index is 11.9. The third kappa shape index (κ3) is 5.23. The number of aromatic amines is 1. The van der Waals surface area contributed by atoms with Crippen molar-refractivity contribution in [3.63, 3.8) is 0 Å². The molecular formula is C15H22ClN3O3S. The molecule has 1 heterocycles. The zero-order valence-corrected chi connectivity index (χ0v) is 14.5. The lowest BCUT2D eigenvalue weighted by atomic mass is 10.1. The van der Waals surface area contributed by atoms with E-state index in [0.29, 0.717) is 6.42 Å². The Morgan fingerprint density at radius 1 is 1.35 bits per heavy atom. The average molecular weight is 360 g/mol. The number of H-pyrrole nitrogens is 1. The Labute approximate surface area is 142 Å². The number of aromatic nitrogens is 1. The molecule has 6 nitrogen and oxygen atoms in total. The van der Waals surface area contributed by atoms with Gasteiger partial charge in [0.2, 0.25) is 5.91 Å². The summed E-state index contributed by atoms with van der Waals surface area (Å²) in [6.07, 6.45) is 2.25. The van der Waals surface area contributed by atoms with Crippen molar-refractivity contribution in [2.75, 3.05) is 18.1 Å². The van der Waals surface area contributed by atoms with Gasteiger partial charge < -0.3 is 16.0 Å². The Hall–Kier alpha value is -1.57. The molecule has 0 unspecified atom stereocenters. The van der Waals surface area contributed by atoms with Gasteiger partial charge in [-0.2, -0.15) is 0 Å². The van der Waals surface area contributed by atoms with Crippen molar-refractivity contribution in [1.82, 2.24) is 10.3 Å². The molecule has 0 saturated carbocycles. The molecule has 0 fully saturated rings. The van der Waals surface area contributed by atoms with Gasteiger partial charge >= 0.3 is 0 Å². The van der Waals surface area contributed by atoms with Gasteiger partial charge in [-0.05, 0) is 18.1 Å². The lowest BCUT2D eigenvalue weighted by molar-refractivity contribution is -0.122. The van der Waals surface area contributed by atoms with Gasteiger partial charge in [0.1, 0.15) is 0 Å². The summed E-state index contributed by atoms with van der Waals surface area (Å²) in [7, 11) is -3.08. The molecular weight excluding hydrogens is 338 g/mol. The van der Waals surface area contributed by atoms with Crippen LogP contribution in [0.2, 0.25) is 0 Å². The molecule has 128 valence electrons. The second-order valence-corrected chi connectivity index (χ2v) is 7.67. The zero-order chi connectivity index (χ0) is 16.2.